The van der Waals surface area contributed by atoms with Crippen LogP contribution >= 0.6 is 11.3 Å². The molecule has 112 valence electrons. The molecular formula is C14H19F2NO2S. The Kier molecular flexibility index (Phi) is 4.04. The summed E-state index contributed by atoms with van der Waals surface area (Å²) in [7, 11) is 0. The number of hydrogen-bond acceptors (Lipinski definition) is 3. The van der Waals surface area contributed by atoms with E-state index in [-0.39, 0.29) is 19.5 Å². The molecule has 2 rings (SSSR count). The summed E-state index contributed by atoms with van der Waals surface area (Å²) in [5.74, 6) is -3.72. The molecule has 1 fully saturated rings. The van der Waals surface area contributed by atoms with Crippen LogP contribution in [0, 0.1) is 0 Å². The Morgan fingerprint density at radius 3 is 2.75 bits per heavy atom. The van der Waals surface area contributed by atoms with Gasteiger partial charge in [0.25, 0.3) is 5.92 Å². The summed E-state index contributed by atoms with van der Waals surface area (Å²) >= 11 is 1.30. The van der Waals surface area contributed by atoms with Crippen molar-refractivity contribution in [1.29, 1.82) is 0 Å². The second-order valence-electron chi connectivity index (χ2n) is 6.01. The second-order valence-corrected chi connectivity index (χ2v) is 6.98. The van der Waals surface area contributed by atoms with Crippen LogP contribution in [0.15, 0.2) is 17.5 Å². The van der Waals surface area contributed by atoms with Gasteiger partial charge >= 0.3 is 6.09 Å². The first-order valence-corrected chi connectivity index (χ1v) is 7.46. The highest BCUT2D eigenvalue weighted by molar-refractivity contribution is 7.10. The first kappa shape index (κ1) is 15.2. The van der Waals surface area contributed by atoms with E-state index in [0.29, 0.717) is 4.88 Å². The van der Waals surface area contributed by atoms with Crippen LogP contribution in [0.4, 0.5) is 13.6 Å². The highest BCUT2D eigenvalue weighted by Gasteiger charge is 2.47. The van der Waals surface area contributed by atoms with E-state index in [1.165, 1.54) is 16.2 Å². The van der Waals surface area contributed by atoms with Gasteiger partial charge in [0.1, 0.15) is 5.60 Å². The minimum absolute atomic E-state index is 0.00241. The fraction of sp³-hybridized carbons (Fsp3) is 0.643. The highest BCUT2D eigenvalue weighted by Crippen LogP contribution is 2.42. The van der Waals surface area contributed by atoms with Gasteiger partial charge in [-0.3, -0.25) is 0 Å². The maximum absolute atomic E-state index is 14.0. The molecule has 1 atom stereocenters. The molecule has 6 heteroatoms. The van der Waals surface area contributed by atoms with Crippen molar-refractivity contribution in [3.8, 4) is 0 Å². The average molecular weight is 303 g/mol. The lowest BCUT2D eigenvalue weighted by Crippen LogP contribution is -2.49. The molecule has 3 nitrogen and oxygen atoms in total. The monoisotopic (exact) mass is 303 g/mol. The van der Waals surface area contributed by atoms with Crippen LogP contribution in [-0.4, -0.2) is 35.6 Å². The molecule has 1 unspecified atom stereocenters. The number of hydrogen-bond donors (Lipinski definition) is 0. The number of likely N-dealkylation sites (tertiary alicyclic amines) is 1. The smallest absolute Gasteiger partial charge is 0.410 e. The van der Waals surface area contributed by atoms with E-state index in [1.54, 1.807) is 38.3 Å². The van der Waals surface area contributed by atoms with Crippen LogP contribution < -0.4 is 0 Å². The van der Waals surface area contributed by atoms with Crippen molar-refractivity contribution in [2.24, 2.45) is 0 Å². The average Bonchev–Trinajstić information content (AvgIpc) is 2.79. The molecule has 20 heavy (non-hydrogen) atoms. The maximum atomic E-state index is 14.0. The molecule has 0 spiro atoms. The van der Waals surface area contributed by atoms with E-state index < -0.39 is 23.5 Å². The normalized spacial score (nSPS) is 22.6. The molecule has 0 aromatic carbocycles. The van der Waals surface area contributed by atoms with E-state index in [2.05, 4.69) is 0 Å². The van der Waals surface area contributed by atoms with Gasteiger partial charge in [0, 0.05) is 24.4 Å². The number of carbonyl (C=O) groups is 1. The van der Waals surface area contributed by atoms with Crippen molar-refractivity contribution >= 4 is 17.4 Å². The predicted molar refractivity (Wildman–Crippen MR) is 74.4 cm³/mol. The first-order chi connectivity index (χ1) is 9.19. The number of ether oxygens (including phenoxy) is 1. The molecule has 1 aromatic heterocycles. The Balaban J connectivity index is 2.11. The Morgan fingerprint density at radius 1 is 1.50 bits per heavy atom. The molecule has 0 radical (unpaired) electrons. The molecule has 2 heterocycles. The van der Waals surface area contributed by atoms with Crippen LogP contribution in [0.25, 0.3) is 0 Å². The molecule has 1 aliphatic heterocycles. The third kappa shape index (κ3) is 3.48. The lowest BCUT2D eigenvalue weighted by Gasteiger charge is -2.38. The van der Waals surface area contributed by atoms with Gasteiger partial charge in [0.15, 0.2) is 0 Å². The molecule has 0 N–H and O–H groups in total. The SMILES string of the molecule is CC(C)(C)OC(=O)N1CCC(F)(F)C(c2cccs2)C1. The van der Waals surface area contributed by atoms with E-state index in [4.69, 9.17) is 4.74 Å². The second kappa shape index (κ2) is 5.31. The summed E-state index contributed by atoms with van der Waals surface area (Å²) in [5.41, 5.74) is -0.616. The molecular weight excluding hydrogens is 284 g/mol. The summed E-state index contributed by atoms with van der Waals surface area (Å²) in [6.45, 7) is 5.33. The molecule has 0 bridgehead atoms. The van der Waals surface area contributed by atoms with Gasteiger partial charge in [-0.2, -0.15) is 0 Å². The summed E-state index contributed by atoms with van der Waals surface area (Å²) in [4.78, 5) is 14.0. The number of nitrogens with zero attached hydrogens (tertiary/aromatic N) is 1. The fourth-order valence-corrected chi connectivity index (χ4v) is 3.07. The van der Waals surface area contributed by atoms with Crippen molar-refractivity contribution in [3.63, 3.8) is 0 Å². The van der Waals surface area contributed by atoms with Crippen LogP contribution in [0.1, 0.15) is 38.0 Å². The van der Waals surface area contributed by atoms with Crippen molar-refractivity contribution in [3.05, 3.63) is 22.4 Å². The molecule has 1 amide bonds. The van der Waals surface area contributed by atoms with Crippen molar-refractivity contribution in [1.82, 2.24) is 4.90 Å². The Hall–Kier alpha value is -1.17. The number of alkyl halides is 2. The third-order valence-electron chi connectivity index (χ3n) is 3.17. The van der Waals surface area contributed by atoms with Gasteiger partial charge < -0.3 is 9.64 Å². The molecule has 1 aliphatic rings. The Bertz CT molecular complexity index is 468. The van der Waals surface area contributed by atoms with Crippen LogP contribution in [-0.2, 0) is 4.74 Å². The van der Waals surface area contributed by atoms with Gasteiger partial charge in [0.05, 0.1) is 5.92 Å². The van der Waals surface area contributed by atoms with Gasteiger partial charge in [-0.05, 0) is 32.2 Å². The lowest BCUT2D eigenvalue weighted by atomic mass is 9.92. The number of amides is 1. The topological polar surface area (TPSA) is 29.5 Å². The van der Waals surface area contributed by atoms with E-state index in [1.807, 2.05) is 0 Å². The predicted octanol–water partition coefficient (Wildman–Crippen LogP) is 4.11. The van der Waals surface area contributed by atoms with Crippen LogP contribution in [0.2, 0.25) is 0 Å². The van der Waals surface area contributed by atoms with Crippen molar-refractivity contribution < 1.29 is 18.3 Å². The van der Waals surface area contributed by atoms with Gasteiger partial charge in [0.2, 0.25) is 0 Å². The number of piperidine rings is 1. The quantitative estimate of drug-likeness (QED) is 0.781. The summed E-state index contributed by atoms with van der Waals surface area (Å²) in [6.07, 6.45) is -0.844. The molecule has 0 saturated carbocycles. The zero-order valence-corrected chi connectivity index (χ0v) is 12.7. The zero-order valence-electron chi connectivity index (χ0n) is 11.9. The van der Waals surface area contributed by atoms with E-state index >= 15 is 0 Å². The zero-order chi connectivity index (χ0) is 15.0. The molecule has 1 aromatic rings. The van der Waals surface area contributed by atoms with Gasteiger partial charge in [-0.15, -0.1) is 11.3 Å². The van der Waals surface area contributed by atoms with E-state index in [9.17, 15) is 13.6 Å². The Labute approximate surface area is 121 Å². The number of halogens is 2. The van der Waals surface area contributed by atoms with Crippen molar-refractivity contribution in [2.45, 2.75) is 44.6 Å². The highest BCUT2D eigenvalue weighted by atomic mass is 32.1. The minimum atomic E-state index is -2.77. The summed E-state index contributed by atoms with van der Waals surface area (Å²) in [5, 5.41) is 1.78. The van der Waals surface area contributed by atoms with Gasteiger partial charge in [-0.1, -0.05) is 6.07 Å². The van der Waals surface area contributed by atoms with Crippen LogP contribution in [0.3, 0.4) is 0 Å². The van der Waals surface area contributed by atoms with Crippen molar-refractivity contribution in [2.75, 3.05) is 13.1 Å². The first-order valence-electron chi connectivity index (χ1n) is 6.58. The third-order valence-corrected chi connectivity index (χ3v) is 4.15. The summed E-state index contributed by atoms with van der Waals surface area (Å²) < 4.78 is 33.3. The number of carbonyl (C=O) groups excluding carboxylic acids is 1. The maximum Gasteiger partial charge on any atom is 0.410 e. The molecule has 0 aliphatic carbocycles. The minimum Gasteiger partial charge on any atom is -0.444 e. The number of rotatable bonds is 1. The lowest BCUT2D eigenvalue weighted by molar-refractivity contribution is -0.0762. The largest absolute Gasteiger partial charge is 0.444 e. The van der Waals surface area contributed by atoms with Crippen LogP contribution in [0.5, 0.6) is 0 Å². The molecule has 1 saturated heterocycles. The summed E-state index contributed by atoms with van der Waals surface area (Å²) in [6, 6.07) is 3.45. The van der Waals surface area contributed by atoms with Gasteiger partial charge in [-0.25, -0.2) is 13.6 Å². The Morgan fingerprint density at radius 2 is 2.20 bits per heavy atom. The van der Waals surface area contributed by atoms with E-state index in [0.717, 1.165) is 0 Å². The fourth-order valence-electron chi connectivity index (χ4n) is 2.18. The number of thiophene rings is 1. The standard InChI is InChI=1S/C14H19F2NO2S/c1-13(2,3)19-12(18)17-7-6-14(15,16)10(9-17)11-5-4-8-20-11/h4-5,8,10H,6-7,9H2,1-3H3.